The van der Waals surface area contributed by atoms with Gasteiger partial charge in [-0.25, -0.2) is 0 Å². The van der Waals surface area contributed by atoms with E-state index in [9.17, 15) is 9.59 Å². The fraction of sp³-hybridized carbons (Fsp3) is 0.417. The molecule has 0 saturated carbocycles. The van der Waals surface area contributed by atoms with Gasteiger partial charge in [0.25, 0.3) is 0 Å². The summed E-state index contributed by atoms with van der Waals surface area (Å²) >= 11 is 5.95. The summed E-state index contributed by atoms with van der Waals surface area (Å²) in [4.78, 5) is 27.6. The van der Waals surface area contributed by atoms with Gasteiger partial charge in [-0.3, -0.25) is 9.59 Å². The maximum atomic E-state index is 13.2. The van der Waals surface area contributed by atoms with E-state index in [1.54, 1.807) is 31.1 Å². The van der Waals surface area contributed by atoms with Crippen LogP contribution in [0.15, 0.2) is 48.5 Å². The van der Waals surface area contributed by atoms with Gasteiger partial charge in [0.1, 0.15) is 11.8 Å². The van der Waals surface area contributed by atoms with Crippen molar-refractivity contribution in [3.8, 4) is 5.75 Å². The SMILES string of the molecule is COc1ccc(CN(C(=O)Cc2ccc(Cl)cc2)[C@@H](C)C(=O)NC[C@H]2CCCO2)cc1. The first-order valence-electron chi connectivity index (χ1n) is 10.5. The molecule has 6 nitrogen and oxygen atoms in total. The van der Waals surface area contributed by atoms with Crippen LogP contribution >= 0.6 is 11.6 Å². The maximum absolute atomic E-state index is 13.2. The minimum absolute atomic E-state index is 0.0518. The number of hydrogen-bond donors (Lipinski definition) is 1. The Morgan fingerprint density at radius 3 is 2.45 bits per heavy atom. The maximum Gasteiger partial charge on any atom is 0.242 e. The van der Waals surface area contributed by atoms with E-state index in [1.807, 2.05) is 36.4 Å². The van der Waals surface area contributed by atoms with E-state index in [0.717, 1.165) is 36.3 Å². The fourth-order valence-corrected chi connectivity index (χ4v) is 3.68. The van der Waals surface area contributed by atoms with Crippen LogP contribution in [0.4, 0.5) is 0 Å². The van der Waals surface area contributed by atoms with Crippen LogP contribution in [0.2, 0.25) is 5.02 Å². The zero-order valence-electron chi connectivity index (χ0n) is 18.0. The van der Waals surface area contributed by atoms with Gasteiger partial charge < -0.3 is 19.7 Å². The number of amides is 2. The van der Waals surface area contributed by atoms with Gasteiger partial charge >= 0.3 is 0 Å². The Balaban J connectivity index is 1.71. The third-order valence-corrected chi connectivity index (χ3v) is 5.73. The molecular formula is C24H29ClN2O4. The van der Waals surface area contributed by atoms with Gasteiger partial charge in [-0.1, -0.05) is 35.9 Å². The van der Waals surface area contributed by atoms with E-state index < -0.39 is 6.04 Å². The van der Waals surface area contributed by atoms with Gasteiger partial charge in [0.15, 0.2) is 0 Å². The molecule has 0 bridgehead atoms. The molecule has 31 heavy (non-hydrogen) atoms. The third-order valence-electron chi connectivity index (χ3n) is 5.48. The molecule has 7 heteroatoms. The smallest absolute Gasteiger partial charge is 0.242 e. The van der Waals surface area contributed by atoms with Gasteiger partial charge in [0.2, 0.25) is 11.8 Å². The summed E-state index contributed by atoms with van der Waals surface area (Å²) in [5.74, 6) is 0.427. The molecule has 1 N–H and O–H groups in total. The number of halogens is 1. The predicted molar refractivity (Wildman–Crippen MR) is 120 cm³/mol. The highest BCUT2D eigenvalue weighted by Crippen LogP contribution is 2.17. The molecule has 0 aromatic heterocycles. The fourth-order valence-electron chi connectivity index (χ4n) is 3.56. The Morgan fingerprint density at radius 1 is 1.16 bits per heavy atom. The molecule has 0 unspecified atom stereocenters. The Bertz CT molecular complexity index is 864. The molecule has 0 spiro atoms. The Labute approximate surface area is 188 Å². The van der Waals surface area contributed by atoms with Gasteiger partial charge in [-0.2, -0.15) is 0 Å². The molecule has 0 radical (unpaired) electrons. The standard InChI is InChI=1S/C24H29ClN2O4/c1-17(24(29)26-15-22-4-3-13-31-22)27(16-19-7-11-21(30-2)12-8-19)23(28)14-18-5-9-20(25)10-6-18/h5-12,17,22H,3-4,13-16H2,1-2H3,(H,26,29)/t17-,22+/m0/s1. The van der Waals surface area contributed by atoms with Crippen molar-refractivity contribution in [2.24, 2.45) is 0 Å². The number of hydrogen-bond acceptors (Lipinski definition) is 4. The summed E-state index contributed by atoms with van der Waals surface area (Å²) in [6, 6.07) is 14.0. The van der Waals surface area contributed by atoms with Crippen molar-refractivity contribution in [3.63, 3.8) is 0 Å². The van der Waals surface area contributed by atoms with Crippen molar-refractivity contribution < 1.29 is 19.1 Å². The first-order valence-corrected chi connectivity index (χ1v) is 10.9. The van der Waals surface area contributed by atoms with Crippen molar-refractivity contribution in [2.45, 2.75) is 44.9 Å². The van der Waals surface area contributed by atoms with Crippen molar-refractivity contribution in [2.75, 3.05) is 20.3 Å². The zero-order chi connectivity index (χ0) is 22.2. The Hall–Kier alpha value is -2.57. The Kier molecular flexibility index (Phi) is 8.32. The second-order valence-electron chi connectivity index (χ2n) is 7.73. The lowest BCUT2D eigenvalue weighted by Crippen LogP contribution is -2.49. The average molecular weight is 445 g/mol. The van der Waals surface area contributed by atoms with Crippen LogP contribution < -0.4 is 10.1 Å². The summed E-state index contributed by atoms with van der Waals surface area (Å²) in [6.45, 7) is 3.28. The largest absolute Gasteiger partial charge is 0.497 e. The second kappa shape index (κ2) is 11.2. The van der Waals surface area contributed by atoms with Crippen LogP contribution in [-0.4, -0.2) is 49.1 Å². The van der Waals surface area contributed by atoms with Crippen molar-refractivity contribution in [1.29, 1.82) is 0 Å². The van der Waals surface area contributed by atoms with E-state index in [1.165, 1.54) is 0 Å². The van der Waals surface area contributed by atoms with E-state index in [0.29, 0.717) is 18.1 Å². The first kappa shape index (κ1) is 23.1. The van der Waals surface area contributed by atoms with Crippen molar-refractivity contribution in [1.82, 2.24) is 10.2 Å². The third kappa shape index (κ3) is 6.71. The van der Waals surface area contributed by atoms with Crippen LogP contribution in [0.3, 0.4) is 0 Å². The molecule has 0 aliphatic carbocycles. The summed E-state index contributed by atoms with van der Waals surface area (Å²) in [5, 5.41) is 3.56. The Morgan fingerprint density at radius 2 is 1.84 bits per heavy atom. The molecule has 1 aliphatic rings. The number of methoxy groups -OCH3 is 1. The van der Waals surface area contributed by atoms with Gasteiger partial charge in [0.05, 0.1) is 19.6 Å². The molecule has 2 aromatic carbocycles. The molecule has 1 aliphatic heterocycles. The molecule has 2 atom stereocenters. The van der Waals surface area contributed by atoms with Crippen LogP contribution in [0, 0.1) is 0 Å². The highest BCUT2D eigenvalue weighted by molar-refractivity contribution is 6.30. The van der Waals surface area contributed by atoms with Crippen molar-refractivity contribution in [3.05, 3.63) is 64.7 Å². The quantitative estimate of drug-likeness (QED) is 0.641. The van der Waals surface area contributed by atoms with Crippen LogP contribution in [0.1, 0.15) is 30.9 Å². The molecular weight excluding hydrogens is 416 g/mol. The molecule has 3 rings (SSSR count). The monoisotopic (exact) mass is 444 g/mol. The molecule has 166 valence electrons. The van der Waals surface area contributed by atoms with Gasteiger partial charge in [-0.15, -0.1) is 0 Å². The van der Waals surface area contributed by atoms with Crippen LogP contribution in [0.25, 0.3) is 0 Å². The first-order chi connectivity index (χ1) is 15.0. The van der Waals surface area contributed by atoms with Gasteiger partial charge in [-0.05, 0) is 55.2 Å². The topological polar surface area (TPSA) is 67.9 Å². The lowest BCUT2D eigenvalue weighted by molar-refractivity contribution is -0.140. The van der Waals surface area contributed by atoms with E-state index in [2.05, 4.69) is 5.32 Å². The number of rotatable bonds is 9. The highest BCUT2D eigenvalue weighted by Gasteiger charge is 2.27. The van der Waals surface area contributed by atoms with E-state index in [-0.39, 0.29) is 24.3 Å². The van der Waals surface area contributed by atoms with Gasteiger partial charge in [0, 0.05) is 24.7 Å². The van der Waals surface area contributed by atoms with E-state index >= 15 is 0 Å². The minimum Gasteiger partial charge on any atom is -0.497 e. The highest BCUT2D eigenvalue weighted by atomic mass is 35.5. The van der Waals surface area contributed by atoms with Crippen LogP contribution in [-0.2, 0) is 27.3 Å². The summed E-state index contributed by atoms with van der Waals surface area (Å²) < 4.78 is 10.8. The second-order valence-corrected chi connectivity index (χ2v) is 8.17. The minimum atomic E-state index is -0.622. The van der Waals surface area contributed by atoms with Crippen LogP contribution in [0.5, 0.6) is 5.75 Å². The van der Waals surface area contributed by atoms with Crippen molar-refractivity contribution >= 4 is 23.4 Å². The number of benzene rings is 2. The lowest BCUT2D eigenvalue weighted by Gasteiger charge is -2.29. The number of carbonyl (C=O) groups excluding carboxylic acids is 2. The molecule has 1 heterocycles. The number of nitrogens with zero attached hydrogens (tertiary/aromatic N) is 1. The summed E-state index contributed by atoms with van der Waals surface area (Å²) in [5.41, 5.74) is 1.77. The number of nitrogens with one attached hydrogen (secondary N) is 1. The zero-order valence-corrected chi connectivity index (χ0v) is 18.7. The lowest BCUT2D eigenvalue weighted by atomic mass is 10.1. The predicted octanol–water partition coefficient (Wildman–Crippen LogP) is 3.60. The number of ether oxygens (including phenoxy) is 2. The normalized spacial score (nSPS) is 16.5. The number of carbonyl (C=O) groups is 2. The molecule has 2 amide bonds. The average Bonchev–Trinajstić information content (AvgIpc) is 3.31. The molecule has 1 fully saturated rings. The molecule has 1 saturated heterocycles. The molecule has 2 aromatic rings. The summed E-state index contributed by atoms with van der Waals surface area (Å²) in [6.07, 6.45) is 2.20. The van der Waals surface area contributed by atoms with E-state index in [4.69, 9.17) is 21.1 Å². The summed E-state index contributed by atoms with van der Waals surface area (Å²) in [7, 11) is 1.61.